The van der Waals surface area contributed by atoms with Gasteiger partial charge in [0.05, 0.1) is 5.69 Å². The molecule has 1 fully saturated rings. The van der Waals surface area contributed by atoms with Gasteiger partial charge in [-0.05, 0) is 39.5 Å². The Morgan fingerprint density at radius 2 is 2.14 bits per heavy atom. The molecule has 1 aromatic rings. The van der Waals surface area contributed by atoms with Crippen LogP contribution in [-0.2, 0) is 14.9 Å². The van der Waals surface area contributed by atoms with Crippen LogP contribution in [-0.4, -0.2) is 22.7 Å². The molecule has 0 spiro atoms. The number of hydrogen-bond acceptors (Lipinski definition) is 4. The highest BCUT2D eigenvalue weighted by Crippen LogP contribution is 2.39. The van der Waals surface area contributed by atoms with Gasteiger partial charge < -0.3 is 9.84 Å². The van der Waals surface area contributed by atoms with E-state index in [1.54, 1.807) is 13.8 Å². The Hall–Kier alpha value is -0.940. The molecule has 1 unspecified atom stereocenters. The predicted molar refractivity (Wildman–Crippen MR) is 83.7 cm³/mol. The lowest BCUT2D eigenvalue weighted by Crippen LogP contribution is -2.29. The average molecular weight is 311 g/mol. The van der Waals surface area contributed by atoms with Gasteiger partial charge in [-0.25, -0.2) is 4.98 Å². The maximum Gasteiger partial charge on any atom is 0.315 e. The molecule has 1 atom stereocenters. The fraction of sp³-hybridized carbons (Fsp3) is 0.750. The molecule has 2 rings (SSSR count). The van der Waals surface area contributed by atoms with Crippen LogP contribution in [0.1, 0.15) is 69.7 Å². The second kappa shape index (κ2) is 6.88. The highest BCUT2D eigenvalue weighted by atomic mass is 32.1. The Labute approximate surface area is 130 Å². The van der Waals surface area contributed by atoms with Gasteiger partial charge in [0.25, 0.3) is 0 Å². The van der Waals surface area contributed by atoms with Crippen LogP contribution in [0.25, 0.3) is 0 Å². The number of carboxylic acids is 1. The van der Waals surface area contributed by atoms with E-state index in [4.69, 9.17) is 4.74 Å². The number of thiazole rings is 1. The largest absolute Gasteiger partial charge is 0.481 e. The van der Waals surface area contributed by atoms with Gasteiger partial charge in [0.2, 0.25) is 0 Å². The highest BCUT2D eigenvalue weighted by molar-refractivity contribution is 7.09. The molecule has 118 valence electrons. The van der Waals surface area contributed by atoms with Crippen molar-refractivity contribution in [2.45, 2.75) is 64.4 Å². The minimum absolute atomic E-state index is 0.0265. The SMILES string of the molecule is CCOC(c1nc(C(C)(C)C(=O)O)cs1)C1CCCCC1. The zero-order valence-electron chi connectivity index (χ0n) is 13.1. The summed E-state index contributed by atoms with van der Waals surface area (Å²) >= 11 is 1.54. The first kappa shape index (κ1) is 16.4. The van der Waals surface area contributed by atoms with Crippen molar-refractivity contribution in [2.75, 3.05) is 6.61 Å². The number of carboxylic acid groups (broad SMARTS) is 1. The van der Waals surface area contributed by atoms with Crippen LogP contribution in [0.3, 0.4) is 0 Å². The fourth-order valence-electron chi connectivity index (χ4n) is 2.84. The second-order valence-corrected chi connectivity index (χ2v) is 7.16. The van der Waals surface area contributed by atoms with E-state index < -0.39 is 11.4 Å². The molecule has 21 heavy (non-hydrogen) atoms. The molecule has 0 radical (unpaired) electrons. The fourth-order valence-corrected chi connectivity index (χ4v) is 3.97. The van der Waals surface area contributed by atoms with Gasteiger partial charge in [-0.2, -0.15) is 0 Å². The Balaban J connectivity index is 2.21. The van der Waals surface area contributed by atoms with Crippen molar-refractivity contribution in [3.05, 3.63) is 16.1 Å². The lowest BCUT2D eigenvalue weighted by atomic mass is 9.85. The topological polar surface area (TPSA) is 59.4 Å². The van der Waals surface area contributed by atoms with Gasteiger partial charge in [-0.3, -0.25) is 4.79 Å². The van der Waals surface area contributed by atoms with Crippen LogP contribution in [0.4, 0.5) is 0 Å². The van der Waals surface area contributed by atoms with Crippen LogP contribution in [0.2, 0.25) is 0 Å². The van der Waals surface area contributed by atoms with Gasteiger partial charge in [0.1, 0.15) is 16.5 Å². The summed E-state index contributed by atoms with van der Waals surface area (Å²) in [5.74, 6) is -0.324. The molecule has 1 aromatic heterocycles. The summed E-state index contributed by atoms with van der Waals surface area (Å²) in [6, 6.07) is 0. The Bertz CT molecular complexity index is 478. The lowest BCUT2D eigenvalue weighted by molar-refractivity contribution is -0.142. The second-order valence-electron chi connectivity index (χ2n) is 6.28. The van der Waals surface area contributed by atoms with Crippen molar-refractivity contribution in [1.29, 1.82) is 0 Å². The minimum Gasteiger partial charge on any atom is -0.481 e. The molecular formula is C16H25NO3S. The van der Waals surface area contributed by atoms with Crippen molar-refractivity contribution < 1.29 is 14.6 Å². The number of hydrogen-bond donors (Lipinski definition) is 1. The summed E-state index contributed by atoms with van der Waals surface area (Å²) < 4.78 is 5.95. The van der Waals surface area contributed by atoms with E-state index in [0.29, 0.717) is 18.2 Å². The third-order valence-electron chi connectivity index (χ3n) is 4.36. The zero-order valence-corrected chi connectivity index (χ0v) is 13.9. The standard InChI is InChI=1S/C16H25NO3S/c1-4-20-13(11-8-6-5-7-9-11)14-17-12(10-21-14)16(2,3)15(18)19/h10-11,13H,4-9H2,1-3H3,(H,18,19). The number of ether oxygens (including phenoxy) is 1. The summed E-state index contributed by atoms with van der Waals surface area (Å²) in [5.41, 5.74) is -0.312. The summed E-state index contributed by atoms with van der Waals surface area (Å²) in [6.45, 7) is 6.07. The Morgan fingerprint density at radius 1 is 1.48 bits per heavy atom. The number of aliphatic carboxylic acids is 1. The van der Waals surface area contributed by atoms with E-state index in [1.165, 1.54) is 43.4 Å². The summed E-state index contributed by atoms with van der Waals surface area (Å²) in [4.78, 5) is 16.0. The predicted octanol–water partition coefficient (Wildman–Crippen LogP) is 4.16. The van der Waals surface area contributed by atoms with Gasteiger partial charge in [0, 0.05) is 12.0 Å². The molecule has 1 saturated carbocycles. The normalized spacial score (nSPS) is 18.6. The lowest BCUT2D eigenvalue weighted by Gasteiger charge is -2.28. The van der Waals surface area contributed by atoms with Gasteiger partial charge >= 0.3 is 5.97 Å². The van der Waals surface area contributed by atoms with E-state index >= 15 is 0 Å². The molecule has 0 saturated heterocycles. The first-order chi connectivity index (χ1) is 9.96. The van der Waals surface area contributed by atoms with E-state index in [-0.39, 0.29) is 6.10 Å². The van der Waals surface area contributed by atoms with E-state index in [1.807, 2.05) is 12.3 Å². The quantitative estimate of drug-likeness (QED) is 0.857. The van der Waals surface area contributed by atoms with Crippen LogP contribution in [0, 0.1) is 5.92 Å². The van der Waals surface area contributed by atoms with Crippen LogP contribution in [0.5, 0.6) is 0 Å². The molecule has 0 amide bonds. The first-order valence-electron chi connectivity index (χ1n) is 7.77. The van der Waals surface area contributed by atoms with E-state index in [0.717, 1.165) is 5.01 Å². The van der Waals surface area contributed by atoms with Crippen LogP contribution >= 0.6 is 11.3 Å². The third-order valence-corrected chi connectivity index (χ3v) is 5.27. The molecular weight excluding hydrogens is 286 g/mol. The van der Waals surface area contributed by atoms with Crippen molar-refractivity contribution in [2.24, 2.45) is 5.92 Å². The van der Waals surface area contributed by atoms with Crippen molar-refractivity contribution in [3.8, 4) is 0 Å². The Morgan fingerprint density at radius 3 is 2.71 bits per heavy atom. The van der Waals surface area contributed by atoms with Gasteiger partial charge in [-0.15, -0.1) is 11.3 Å². The van der Waals surface area contributed by atoms with Gasteiger partial charge in [0.15, 0.2) is 0 Å². The molecule has 1 aliphatic rings. The first-order valence-corrected chi connectivity index (χ1v) is 8.65. The summed E-state index contributed by atoms with van der Waals surface area (Å²) in [6.07, 6.45) is 6.22. The minimum atomic E-state index is -0.946. The maximum atomic E-state index is 11.4. The number of nitrogens with zero attached hydrogens (tertiary/aromatic N) is 1. The summed E-state index contributed by atoms with van der Waals surface area (Å²) in [5, 5.41) is 12.1. The molecule has 0 bridgehead atoms. The molecule has 1 heterocycles. The van der Waals surface area contributed by atoms with E-state index in [2.05, 4.69) is 4.98 Å². The molecule has 5 heteroatoms. The zero-order chi connectivity index (χ0) is 15.5. The average Bonchev–Trinajstić information content (AvgIpc) is 2.95. The number of carbonyl (C=O) groups is 1. The van der Waals surface area contributed by atoms with Crippen molar-refractivity contribution >= 4 is 17.3 Å². The number of aromatic nitrogens is 1. The van der Waals surface area contributed by atoms with Crippen molar-refractivity contribution in [1.82, 2.24) is 4.98 Å². The molecule has 0 aliphatic heterocycles. The summed E-state index contributed by atoms with van der Waals surface area (Å²) in [7, 11) is 0. The van der Waals surface area contributed by atoms with Crippen LogP contribution < -0.4 is 0 Å². The highest BCUT2D eigenvalue weighted by Gasteiger charge is 2.34. The molecule has 4 nitrogen and oxygen atoms in total. The molecule has 1 aliphatic carbocycles. The third kappa shape index (κ3) is 3.64. The molecule has 1 N–H and O–H groups in total. The van der Waals surface area contributed by atoms with Gasteiger partial charge in [-0.1, -0.05) is 19.3 Å². The van der Waals surface area contributed by atoms with Crippen LogP contribution in [0.15, 0.2) is 5.38 Å². The maximum absolute atomic E-state index is 11.4. The number of rotatable bonds is 6. The van der Waals surface area contributed by atoms with Crippen molar-refractivity contribution in [3.63, 3.8) is 0 Å². The van der Waals surface area contributed by atoms with E-state index in [9.17, 15) is 9.90 Å². The molecule has 0 aromatic carbocycles. The monoisotopic (exact) mass is 311 g/mol. The Kier molecular flexibility index (Phi) is 5.38. The smallest absolute Gasteiger partial charge is 0.315 e.